The predicted octanol–water partition coefficient (Wildman–Crippen LogP) is -0.0512. The molecule has 2 rings (SSSR count). The second-order valence-corrected chi connectivity index (χ2v) is 5.06. The quantitative estimate of drug-likeness (QED) is 0.590. The van der Waals surface area contributed by atoms with Crippen molar-refractivity contribution in [2.75, 3.05) is 26.7 Å². The van der Waals surface area contributed by atoms with Gasteiger partial charge in [-0.15, -0.1) is 0 Å². The van der Waals surface area contributed by atoms with Crippen LogP contribution in [0, 0.1) is 0 Å². The number of rotatable bonds is 0. The van der Waals surface area contributed by atoms with Crippen LogP contribution in [0.25, 0.3) is 0 Å². The molecule has 0 saturated carbocycles. The number of amides is 1. The molecular formula is C11H21N3O. The first-order chi connectivity index (χ1) is 7.11. The second kappa shape index (κ2) is 4.10. The van der Waals surface area contributed by atoms with Crippen LogP contribution >= 0.6 is 0 Å². The van der Waals surface area contributed by atoms with Crippen molar-refractivity contribution in [2.45, 2.75) is 37.8 Å². The van der Waals surface area contributed by atoms with Gasteiger partial charge in [0, 0.05) is 18.6 Å². The molecule has 1 amide bonds. The molecule has 2 aliphatic heterocycles. The highest BCUT2D eigenvalue weighted by Gasteiger charge is 2.38. The summed E-state index contributed by atoms with van der Waals surface area (Å²) in [5.74, 6) is 0.132. The molecule has 0 bridgehead atoms. The monoisotopic (exact) mass is 211 g/mol. The molecule has 2 fully saturated rings. The van der Waals surface area contributed by atoms with Crippen LogP contribution in [0.2, 0.25) is 0 Å². The van der Waals surface area contributed by atoms with Crippen LogP contribution in [0.15, 0.2) is 0 Å². The molecule has 4 nitrogen and oxygen atoms in total. The molecular weight excluding hydrogens is 190 g/mol. The van der Waals surface area contributed by atoms with Gasteiger partial charge in [-0.05, 0) is 33.4 Å². The lowest BCUT2D eigenvalue weighted by Crippen LogP contribution is -2.68. The minimum absolute atomic E-state index is 0.0507. The fourth-order valence-electron chi connectivity index (χ4n) is 2.77. The molecule has 0 aliphatic carbocycles. The standard InChI is InChI=1S/C11H21N3O/c1-9-10(15)12-7-11(13-9)5-3-4-6-14(2)8-11/h9,13H,3-8H2,1-2H3,(H,12,15). The zero-order valence-electron chi connectivity index (χ0n) is 9.68. The van der Waals surface area contributed by atoms with Gasteiger partial charge < -0.3 is 10.2 Å². The van der Waals surface area contributed by atoms with Gasteiger partial charge in [0.2, 0.25) is 5.91 Å². The van der Waals surface area contributed by atoms with Gasteiger partial charge in [0.15, 0.2) is 0 Å². The topological polar surface area (TPSA) is 44.4 Å². The maximum Gasteiger partial charge on any atom is 0.236 e. The maximum atomic E-state index is 11.4. The van der Waals surface area contributed by atoms with Gasteiger partial charge >= 0.3 is 0 Å². The third kappa shape index (κ3) is 2.32. The highest BCUT2D eigenvalue weighted by molar-refractivity contribution is 5.82. The number of hydrogen-bond acceptors (Lipinski definition) is 3. The lowest BCUT2D eigenvalue weighted by Gasteiger charge is -2.42. The fraction of sp³-hybridized carbons (Fsp3) is 0.909. The Balaban J connectivity index is 2.07. The Morgan fingerprint density at radius 1 is 1.47 bits per heavy atom. The predicted molar refractivity (Wildman–Crippen MR) is 59.7 cm³/mol. The number of nitrogens with one attached hydrogen (secondary N) is 2. The molecule has 1 spiro atoms. The third-order valence-corrected chi connectivity index (χ3v) is 3.53. The van der Waals surface area contributed by atoms with E-state index in [2.05, 4.69) is 22.6 Å². The minimum Gasteiger partial charge on any atom is -0.353 e. The van der Waals surface area contributed by atoms with E-state index in [-0.39, 0.29) is 17.5 Å². The molecule has 2 saturated heterocycles. The van der Waals surface area contributed by atoms with E-state index in [0.29, 0.717) is 0 Å². The number of hydrogen-bond donors (Lipinski definition) is 2. The molecule has 0 aromatic carbocycles. The van der Waals surface area contributed by atoms with Crippen molar-refractivity contribution in [2.24, 2.45) is 0 Å². The van der Waals surface area contributed by atoms with E-state index in [9.17, 15) is 4.79 Å². The van der Waals surface area contributed by atoms with Crippen molar-refractivity contribution in [3.63, 3.8) is 0 Å². The molecule has 2 atom stereocenters. The van der Waals surface area contributed by atoms with Gasteiger partial charge in [0.05, 0.1) is 6.04 Å². The first-order valence-electron chi connectivity index (χ1n) is 5.85. The van der Waals surface area contributed by atoms with Crippen LogP contribution in [-0.4, -0.2) is 49.1 Å². The Bertz CT molecular complexity index is 256. The Hall–Kier alpha value is -0.610. The second-order valence-electron chi connectivity index (χ2n) is 5.06. The van der Waals surface area contributed by atoms with Crippen molar-refractivity contribution in [1.82, 2.24) is 15.5 Å². The van der Waals surface area contributed by atoms with E-state index in [0.717, 1.165) is 13.1 Å². The first-order valence-corrected chi connectivity index (χ1v) is 5.85. The van der Waals surface area contributed by atoms with E-state index in [1.807, 2.05) is 6.92 Å². The van der Waals surface area contributed by atoms with Crippen LogP contribution in [-0.2, 0) is 4.79 Å². The van der Waals surface area contributed by atoms with Gasteiger partial charge in [0.25, 0.3) is 0 Å². The van der Waals surface area contributed by atoms with Gasteiger partial charge in [-0.1, -0.05) is 6.42 Å². The number of likely N-dealkylation sites (tertiary alicyclic amines) is 1. The summed E-state index contributed by atoms with van der Waals surface area (Å²) in [4.78, 5) is 13.8. The van der Waals surface area contributed by atoms with Crippen molar-refractivity contribution in [3.05, 3.63) is 0 Å². The molecule has 0 aromatic rings. The van der Waals surface area contributed by atoms with Crippen LogP contribution in [0.3, 0.4) is 0 Å². The van der Waals surface area contributed by atoms with Crippen molar-refractivity contribution < 1.29 is 4.79 Å². The molecule has 2 N–H and O–H groups in total. The molecule has 15 heavy (non-hydrogen) atoms. The molecule has 4 heteroatoms. The van der Waals surface area contributed by atoms with Crippen LogP contribution in [0.5, 0.6) is 0 Å². The molecule has 2 heterocycles. The van der Waals surface area contributed by atoms with Gasteiger partial charge in [-0.25, -0.2) is 0 Å². The Kier molecular flexibility index (Phi) is 2.98. The van der Waals surface area contributed by atoms with Crippen LogP contribution in [0.1, 0.15) is 26.2 Å². The fourth-order valence-corrected chi connectivity index (χ4v) is 2.77. The summed E-state index contributed by atoms with van der Waals surface area (Å²) < 4.78 is 0. The smallest absolute Gasteiger partial charge is 0.236 e. The lowest BCUT2D eigenvalue weighted by atomic mass is 9.90. The zero-order valence-corrected chi connectivity index (χ0v) is 9.68. The summed E-state index contributed by atoms with van der Waals surface area (Å²) in [7, 11) is 2.16. The number of nitrogens with zero attached hydrogens (tertiary/aromatic N) is 1. The summed E-state index contributed by atoms with van der Waals surface area (Å²) in [6, 6.07) is -0.0507. The first kappa shape index (κ1) is 10.9. The van der Waals surface area contributed by atoms with E-state index in [1.54, 1.807) is 0 Å². The maximum absolute atomic E-state index is 11.4. The summed E-state index contributed by atoms with van der Waals surface area (Å²) in [6.45, 7) is 4.94. The number of carbonyl (C=O) groups is 1. The van der Waals surface area contributed by atoms with Gasteiger partial charge in [-0.3, -0.25) is 10.1 Å². The van der Waals surface area contributed by atoms with E-state index < -0.39 is 0 Å². The lowest BCUT2D eigenvalue weighted by molar-refractivity contribution is -0.126. The third-order valence-electron chi connectivity index (χ3n) is 3.53. The van der Waals surface area contributed by atoms with Gasteiger partial charge in [-0.2, -0.15) is 0 Å². The number of piperazine rings is 1. The molecule has 0 radical (unpaired) electrons. The normalized spacial score (nSPS) is 38.8. The Labute approximate surface area is 91.4 Å². The van der Waals surface area contributed by atoms with Crippen molar-refractivity contribution in [3.8, 4) is 0 Å². The van der Waals surface area contributed by atoms with E-state index in [4.69, 9.17) is 0 Å². The van der Waals surface area contributed by atoms with Gasteiger partial charge in [0.1, 0.15) is 0 Å². The Morgan fingerprint density at radius 2 is 2.27 bits per heavy atom. The van der Waals surface area contributed by atoms with Crippen molar-refractivity contribution >= 4 is 5.91 Å². The molecule has 2 aliphatic rings. The highest BCUT2D eigenvalue weighted by Crippen LogP contribution is 2.22. The highest BCUT2D eigenvalue weighted by atomic mass is 16.2. The van der Waals surface area contributed by atoms with E-state index >= 15 is 0 Å². The SMILES string of the molecule is CC1NC2(CCCCN(C)C2)CNC1=O. The summed E-state index contributed by atoms with van der Waals surface area (Å²) in [5, 5.41) is 6.51. The van der Waals surface area contributed by atoms with Crippen LogP contribution in [0.4, 0.5) is 0 Å². The van der Waals surface area contributed by atoms with Crippen molar-refractivity contribution in [1.29, 1.82) is 0 Å². The Morgan fingerprint density at radius 3 is 3.00 bits per heavy atom. The average Bonchev–Trinajstić information content (AvgIpc) is 2.35. The average molecular weight is 211 g/mol. The summed E-state index contributed by atoms with van der Waals surface area (Å²) in [6.07, 6.45) is 3.68. The van der Waals surface area contributed by atoms with Crippen LogP contribution < -0.4 is 10.6 Å². The molecule has 0 aromatic heterocycles. The minimum atomic E-state index is -0.0507. The molecule has 86 valence electrons. The number of likely N-dealkylation sites (N-methyl/N-ethyl adjacent to an activating group) is 1. The molecule has 2 unspecified atom stereocenters. The summed E-state index contributed by atoms with van der Waals surface area (Å²) in [5.41, 5.74) is 0.110. The number of carbonyl (C=O) groups excluding carboxylic acids is 1. The summed E-state index contributed by atoms with van der Waals surface area (Å²) >= 11 is 0. The van der Waals surface area contributed by atoms with E-state index in [1.165, 1.54) is 25.8 Å². The zero-order chi connectivity index (χ0) is 10.9. The largest absolute Gasteiger partial charge is 0.353 e.